The van der Waals surface area contributed by atoms with Crippen molar-refractivity contribution in [2.75, 3.05) is 6.61 Å². The van der Waals surface area contributed by atoms with E-state index < -0.39 is 0 Å². The van der Waals surface area contributed by atoms with Crippen LogP contribution in [0.1, 0.15) is 11.6 Å². The van der Waals surface area contributed by atoms with Crippen LogP contribution >= 0.6 is 0 Å². The maximum atomic E-state index is 9.11. The Kier molecular flexibility index (Phi) is 2.74. The highest BCUT2D eigenvalue weighted by molar-refractivity contribution is 5.98. The molecule has 0 radical (unpaired) electrons. The maximum Gasteiger partial charge on any atom is 0.0624 e. The maximum absolute atomic E-state index is 9.11. The number of aliphatic hydroxyl groups is 1. The molecule has 3 rings (SSSR count). The van der Waals surface area contributed by atoms with E-state index >= 15 is 0 Å². The molecular weight excluding hydrogens is 222 g/mol. The van der Waals surface area contributed by atoms with Gasteiger partial charge in [-0.2, -0.15) is 0 Å². The Labute approximate surface area is 106 Å². The Morgan fingerprint density at radius 2 is 1.44 bits per heavy atom. The summed E-state index contributed by atoms with van der Waals surface area (Å²) in [6.07, 6.45) is 0. The van der Waals surface area contributed by atoms with Gasteiger partial charge in [0, 0.05) is 0 Å². The summed E-state index contributed by atoms with van der Waals surface area (Å²) in [4.78, 5) is 0. The molecule has 3 N–H and O–H groups in total. The van der Waals surface area contributed by atoms with Crippen LogP contribution in [0.5, 0.6) is 0 Å². The van der Waals surface area contributed by atoms with Gasteiger partial charge in [0.1, 0.15) is 0 Å². The third-order valence-corrected chi connectivity index (χ3v) is 3.35. The highest BCUT2D eigenvalue weighted by Gasteiger charge is 2.05. The average Bonchev–Trinajstić information content (AvgIpc) is 2.43. The lowest BCUT2D eigenvalue weighted by molar-refractivity contribution is 0.268. The van der Waals surface area contributed by atoms with Gasteiger partial charge in [-0.1, -0.05) is 36.4 Å². The van der Waals surface area contributed by atoms with Crippen LogP contribution in [-0.2, 0) is 0 Å². The van der Waals surface area contributed by atoms with Crippen LogP contribution in [0.4, 0.5) is 0 Å². The molecule has 0 unspecified atom stereocenters. The third-order valence-electron chi connectivity index (χ3n) is 3.35. The average molecular weight is 237 g/mol. The fraction of sp³-hybridized carbons (Fsp3) is 0.125. The summed E-state index contributed by atoms with van der Waals surface area (Å²) >= 11 is 0. The first-order valence-corrected chi connectivity index (χ1v) is 6.07. The summed E-state index contributed by atoms with van der Waals surface area (Å²) in [5.41, 5.74) is 6.82. The van der Waals surface area contributed by atoms with Crippen molar-refractivity contribution in [2.45, 2.75) is 6.04 Å². The number of nitrogens with two attached hydrogens (primary N) is 1. The number of fused-ring (bicyclic) bond motifs is 2. The number of rotatable bonds is 2. The van der Waals surface area contributed by atoms with Crippen LogP contribution in [0.15, 0.2) is 54.6 Å². The fourth-order valence-corrected chi connectivity index (χ4v) is 2.29. The van der Waals surface area contributed by atoms with Gasteiger partial charge in [-0.3, -0.25) is 0 Å². The zero-order valence-corrected chi connectivity index (χ0v) is 10.0. The number of hydrogen-bond donors (Lipinski definition) is 2. The van der Waals surface area contributed by atoms with E-state index in [0.29, 0.717) is 0 Å². The molecule has 0 spiro atoms. The lowest BCUT2D eigenvalue weighted by Crippen LogP contribution is -2.14. The van der Waals surface area contributed by atoms with Crippen molar-refractivity contribution >= 4 is 21.5 Å². The van der Waals surface area contributed by atoms with Crippen molar-refractivity contribution in [3.05, 3.63) is 60.2 Å². The number of hydrogen-bond acceptors (Lipinski definition) is 2. The SMILES string of the molecule is N[C@@H](CO)c1ccc2cc3ccccc3cc2c1. The second-order valence-electron chi connectivity index (χ2n) is 4.60. The van der Waals surface area contributed by atoms with Gasteiger partial charge >= 0.3 is 0 Å². The quantitative estimate of drug-likeness (QED) is 0.673. The summed E-state index contributed by atoms with van der Waals surface area (Å²) in [5.74, 6) is 0. The Morgan fingerprint density at radius 3 is 2.11 bits per heavy atom. The van der Waals surface area contributed by atoms with Gasteiger partial charge in [-0.25, -0.2) is 0 Å². The van der Waals surface area contributed by atoms with Crippen molar-refractivity contribution in [3.8, 4) is 0 Å². The van der Waals surface area contributed by atoms with Crippen LogP contribution < -0.4 is 5.73 Å². The summed E-state index contributed by atoms with van der Waals surface area (Å²) in [7, 11) is 0. The minimum Gasteiger partial charge on any atom is -0.394 e. The Bertz CT molecular complexity index is 706. The van der Waals surface area contributed by atoms with Crippen molar-refractivity contribution in [1.82, 2.24) is 0 Å². The van der Waals surface area contributed by atoms with Gasteiger partial charge in [-0.05, 0) is 45.3 Å². The van der Waals surface area contributed by atoms with E-state index in [2.05, 4.69) is 36.4 Å². The molecule has 0 saturated heterocycles. The highest BCUT2D eigenvalue weighted by Crippen LogP contribution is 2.25. The first-order chi connectivity index (χ1) is 8.78. The van der Waals surface area contributed by atoms with E-state index in [0.717, 1.165) is 10.9 Å². The summed E-state index contributed by atoms with van der Waals surface area (Å²) in [5, 5.41) is 13.9. The zero-order chi connectivity index (χ0) is 12.5. The molecule has 0 aliphatic heterocycles. The molecule has 0 bridgehead atoms. The molecule has 0 aliphatic rings. The van der Waals surface area contributed by atoms with Gasteiger partial charge in [0.25, 0.3) is 0 Å². The predicted molar refractivity (Wildman–Crippen MR) is 75.5 cm³/mol. The van der Waals surface area contributed by atoms with Crippen LogP contribution in [0, 0.1) is 0 Å². The van der Waals surface area contributed by atoms with Crippen LogP contribution in [0.25, 0.3) is 21.5 Å². The minimum atomic E-state index is -0.305. The lowest BCUT2D eigenvalue weighted by atomic mass is 9.99. The van der Waals surface area contributed by atoms with E-state index in [1.54, 1.807) is 0 Å². The molecule has 0 fully saturated rings. The monoisotopic (exact) mass is 237 g/mol. The topological polar surface area (TPSA) is 46.2 Å². The molecular formula is C16H15NO. The zero-order valence-electron chi connectivity index (χ0n) is 10.0. The molecule has 3 aromatic rings. The lowest BCUT2D eigenvalue weighted by Gasteiger charge is -2.10. The molecule has 2 heteroatoms. The number of aliphatic hydroxyl groups excluding tert-OH is 1. The first-order valence-electron chi connectivity index (χ1n) is 6.07. The third kappa shape index (κ3) is 1.86. The molecule has 18 heavy (non-hydrogen) atoms. The van der Waals surface area contributed by atoms with Crippen molar-refractivity contribution in [3.63, 3.8) is 0 Å². The normalized spacial score (nSPS) is 13.0. The smallest absolute Gasteiger partial charge is 0.0624 e. The fourth-order valence-electron chi connectivity index (χ4n) is 2.29. The molecule has 0 amide bonds. The van der Waals surface area contributed by atoms with Crippen molar-refractivity contribution in [2.24, 2.45) is 5.73 Å². The van der Waals surface area contributed by atoms with Gasteiger partial charge < -0.3 is 10.8 Å². The van der Waals surface area contributed by atoms with Crippen molar-refractivity contribution in [1.29, 1.82) is 0 Å². The van der Waals surface area contributed by atoms with E-state index in [1.165, 1.54) is 16.2 Å². The van der Waals surface area contributed by atoms with Crippen LogP contribution in [0.2, 0.25) is 0 Å². The van der Waals surface area contributed by atoms with E-state index in [-0.39, 0.29) is 12.6 Å². The summed E-state index contributed by atoms with van der Waals surface area (Å²) in [6.45, 7) is -0.0287. The second-order valence-corrected chi connectivity index (χ2v) is 4.60. The molecule has 1 atom stereocenters. The molecule has 0 aromatic heterocycles. The molecule has 0 aliphatic carbocycles. The van der Waals surface area contributed by atoms with E-state index in [4.69, 9.17) is 10.8 Å². The predicted octanol–water partition coefficient (Wildman–Crippen LogP) is 2.99. The Balaban J connectivity index is 2.24. The van der Waals surface area contributed by atoms with Gasteiger partial charge in [0.15, 0.2) is 0 Å². The van der Waals surface area contributed by atoms with E-state index in [9.17, 15) is 0 Å². The standard InChI is InChI=1S/C16H15NO/c17-16(10-18)14-6-5-13-7-11-3-1-2-4-12(11)8-15(13)9-14/h1-9,16,18H,10,17H2/t16-/m0/s1. The van der Waals surface area contributed by atoms with Crippen LogP contribution in [-0.4, -0.2) is 11.7 Å². The molecule has 90 valence electrons. The van der Waals surface area contributed by atoms with Gasteiger partial charge in [0.2, 0.25) is 0 Å². The molecule has 2 nitrogen and oxygen atoms in total. The van der Waals surface area contributed by atoms with Gasteiger partial charge in [-0.15, -0.1) is 0 Å². The Hall–Kier alpha value is -1.90. The first kappa shape index (κ1) is 11.2. The summed E-state index contributed by atoms with van der Waals surface area (Å²) < 4.78 is 0. The largest absolute Gasteiger partial charge is 0.394 e. The Morgan fingerprint density at radius 1 is 0.833 bits per heavy atom. The van der Waals surface area contributed by atoms with Crippen LogP contribution in [0.3, 0.4) is 0 Å². The molecule has 0 saturated carbocycles. The molecule has 3 aromatic carbocycles. The summed E-state index contributed by atoms with van der Waals surface area (Å²) in [6, 6.07) is 18.4. The second kappa shape index (κ2) is 4.41. The van der Waals surface area contributed by atoms with E-state index in [1.807, 2.05) is 18.2 Å². The van der Waals surface area contributed by atoms with Gasteiger partial charge in [0.05, 0.1) is 12.6 Å². The van der Waals surface area contributed by atoms with Crippen molar-refractivity contribution < 1.29 is 5.11 Å². The highest BCUT2D eigenvalue weighted by atomic mass is 16.3. The minimum absolute atomic E-state index is 0.0287. The number of benzene rings is 3. The molecule has 0 heterocycles.